The van der Waals surface area contributed by atoms with Gasteiger partial charge < -0.3 is 4.74 Å². The minimum Gasteiger partial charge on any atom is -0.496 e. The molecule has 0 aliphatic carbocycles. The van der Waals surface area contributed by atoms with Crippen molar-refractivity contribution in [2.45, 2.75) is 12.8 Å². The highest BCUT2D eigenvalue weighted by atomic mass is 79.9. The lowest BCUT2D eigenvalue weighted by molar-refractivity contribution is 0.402. The molecule has 13 heavy (non-hydrogen) atoms. The maximum Gasteiger partial charge on any atom is 0.130 e. The molecule has 1 aromatic rings. The molecule has 0 radical (unpaired) electrons. The van der Waals surface area contributed by atoms with Crippen LogP contribution in [0, 0.1) is 5.82 Å². The second-order valence-electron chi connectivity index (χ2n) is 2.91. The van der Waals surface area contributed by atoms with E-state index >= 15 is 0 Å². The predicted molar refractivity (Wildman–Crippen MR) is 55.2 cm³/mol. The zero-order valence-electron chi connectivity index (χ0n) is 7.68. The lowest BCUT2D eigenvalue weighted by atomic mass is 10.0. The number of hydrogen-bond donors (Lipinski definition) is 0. The highest BCUT2D eigenvalue weighted by molar-refractivity contribution is 9.09. The van der Waals surface area contributed by atoms with Crippen molar-refractivity contribution in [3.05, 3.63) is 29.6 Å². The Hall–Kier alpha value is -0.570. The van der Waals surface area contributed by atoms with Crippen LogP contribution in [0.25, 0.3) is 0 Å². The number of hydrogen-bond acceptors (Lipinski definition) is 1. The average molecular weight is 247 g/mol. The molecule has 0 aliphatic rings. The van der Waals surface area contributed by atoms with Crippen LogP contribution in [0.15, 0.2) is 18.2 Å². The van der Waals surface area contributed by atoms with Crippen LogP contribution in [0.2, 0.25) is 0 Å². The van der Waals surface area contributed by atoms with Crippen LogP contribution < -0.4 is 4.74 Å². The molecule has 0 heterocycles. The Morgan fingerprint density at radius 1 is 1.54 bits per heavy atom. The molecule has 0 saturated carbocycles. The minimum atomic E-state index is -0.202. The zero-order valence-corrected chi connectivity index (χ0v) is 9.27. The number of rotatable bonds is 3. The third kappa shape index (κ3) is 2.21. The number of alkyl halides is 1. The second kappa shape index (κ2) is 4.61. The van der Waals surface area contributed by atoms with Gasteiger partial charge in [0.15, 0.2) is 0 Å². The van der Waals surface area contributed by atoms with Crippen LogP contribution in [0.4, 0.5) is 4.39 Å². The minimum absolute atomic E-state index is 0.121. The molecule has 0 aromatic heterocycles. The fraction of sp³-hybridized carbons (Fsp3) is 0.400. The Morgan fingerprint density at radius 3 is 2.77 bits per heavy atom. The van der Waals surface area contributed by atoms with Crippen LogP contribution in [-0.4, -0.2) is 12.4 Å². The largest absolute Gasteiger partial charge is 0.496 e. The first kappa shape index (κ1) is 10.5. The van der Waals surface area contributed by atoms with Crippen molar-refractivity contribution in [3.63, 3.8) is 0 Å². The van der Waals surface area contributed by atoms with Crippen molar-refractivity contribution < 1.29 is 9.13 Å². The molecule has 0 saturated heterocycles. The highest BCUT2D eigenvalue weighted by Crippen LogP contribution is 2.29. The molecule has 3 heteroatoms. The maximum absolute atomic E-state index is 13.4. The smallest absolute Gasteiger partial charge is 0.130 e. The molecular formula is C10H12BrFO. The van der Waals surface area contributed by atoms with Gasteiger partial charge in [-0.2, -0.15) is 0 Å². The maximum atomic E-state index is 13.4. The summed E-state index contributed by atoms with van der Waals surface area (Å²) in [4.78, 5) is 0. The van der Waals surface area contributed by atoms with Crippen molar-refractivity contribution in [2.75, 3.05) is 12.4 Å². The molecule has 0 spiro atoms. The highest BCUT2D eigenvalue weighted by Gasteiger charge is 2.14. The first-order valence-corrected chi connectivity index (χ1v) is 5.21. The van der Waals surface area contributed by atoms with Gasteiger partial charge in [-0.05, 0) is 18.1 Å². The van der Waals surface area contributed by atoms with Crippen LogP contribution in [-0.2, 0) is 0 Å². The first-order chi connectivity index (χ1) is 6.20. The summed E-state index contributed by atoms with van der Waals surface area (Å²) in [7, 11) is 1.55. The Kier molecular flexibility index (Phi) is 3.72. The van der Waals surface area contributed by atoms with Gasteiger partial charge in [-0.3, -0.25) is 0 Å². The lowest BCUT2D eigenvalue weighted by Crippen LogP contribution is -2.01. The fourth-order valence-electron chi connectivity index (χ4n) is 1.25. The average Bonchev–Trinajstić information content (AvgIpc) is 2.16. The standard InChI is InChI=1S/C10H12BrFO/c1-7(6-11)10-8(12)4-3-5-9(10)13-2/h3-5,7H,6H2,1-2H3. The topological polar surface area (TPSA) is 9.23 Å². The molecule has 0 aliphatic heterocycles. The Morgan fingerprint density at radius 2 is 2.23 bits per heavy atom. The number of halogens is 2. The SMILES string of the molecule is COc1cccc(F)c1C(C)CBr. The van der Waals surface area contributed by atoms with E-state index in [1.807, 2.05) is 6.92 Å². The van der Waals surface area contributed by atoms with Gasteiger partial charge in [0.05, 0.1) is 7.11 Å². The predicted octanol–water partition coefficient (Wildman–Crippen LogP) is 3.33. The van der Waals surface area contributed by atoms with Gasteiger partial charge >= 0.3 is 0 Å². The van der Waals surface area contributed by atoms with E-state index in [9.17, 15) is 4.39 Å². The molecule has 0 N–H and O–H groups in total. The molecule has 1 nitrogen and oxygen atoms in total. The summed E-state index contributed by atoms with van der Waals surface area (Å²) in [6, 6.07) is 4.88. The van der Waals surface area contributed by atoms with Gasteiger partial charge in [0, 0.05) is 10.9 Å². The molecular weight excluding hydrogens is 235 g/mol. The quantitative estimate of drug-likeness (QED) is 0.744. The van der Waals surface area contributed by atoms with E-state index in [0.717, 1.165) is 5.33 Å². The van der Waals surface area contributed by atoms with E-state index < -0.39 is 0 Å². The Labute approximate surface area is 86.0 Å². The third-order valence-electron chi connectivity index (χ3n) is 1.96. The normalized spacial score (nSPS) is 12.6. The van der Waals surface area contributed by atoms with Crippen molar-refractivity contribution in [1.82, 2.24) is 0 Å². The third-order valence-corrected chi connectivity index (χ3v) is 2.93. The summed E-state index contributed by atoms with van der Waals surface area (Å²) in [6.07, 6.45) is 0. The van der Waals surface area contributed by atoms with Gasteiger partial charge in [-0.15, -0.1) is 0 Å². The van der Waals surface area contributed by atoms with Crippen LogP contribution >= 0.6 is 15.9 Å². The summed E-state index contributed by atoms with van der Waals surface area (Å²) in [5.41, 5.74) is 0.641. The monoisotopic (exact) mass is 246 g/mol. The first-order valence-electron chi connectivity index (χ1n) is 4.09. The van der Waals surface area contributed by atoms with Crippen molar-refractivity contribution in [1.29, 1.82) is 0 Å². The summed E-state index contributed by atoms with van der Waals surface area (Å²) < 4.78 is 18.5. The van der Waals surface area contributed by atoms with E-state index in [2.05, 4.69) is 15.9 Å². The molecule has 0 fully saturated rings. The van der Waals surface area contributed by atoms with E-state index in [1.165, 1.54) is 6.07 Å². The van der Waals surface area contributed by atoms with E-state index in [4.69, 9.17) is 4.74 Å². The van der Waals surface area contributed by atoms with Gasteiger partial charge in [0.25, 0.3) is 0 Å². The number of ether oxygens (including phenoxy) is 1. The van der Waals surface area contributed by atoms with E-state index in [1.54, 1.807) is 19.2 Å². The van der Waals surface area contributed by atoms with Crippen molar-refractivity contribution in [3.8, 4) is 5.75 Å². The number of benzene rings is 1. The second-order valence-corrected chi connectivity index (χ2v) is 3.56. The van der Waals surface area contributed by atoms with Crippen LogP contribution in [0.1, 0.15) is 18.4 Å². The fourth-order valence-corrected chi connectivity index (χ4v) is 1.57. The lowest BCUT2D eigenvalue weighted by Gasteiger charge is -2.13. The van der Waals surface area contributed by atoms with Crippen molar-refractivity contribution in [2.24, 2.45) is 0 Å². The molecule has 0 bridgehead atoms. The van der Waals surface area contributed by atoms with Crippen LogP contribution in [0.3, 0.4) is 0 Å². The summed E-state index contributed by atoms with van der Waals surface area (Å²) in [5, 5.41) is 0.726. The number of methoxy groups -OCH3 is 1. The zero-order chi connectivity index (χ0) is 9.84. The Balaban J connectivity index is 3.14. The van der Waals surface area contributed by atoms with Gasteiger partial charge in [0.1, 0.15) is 11.6 Å². The summed E-state index contributed by atoms with van der Waals surface area (Å²) >= 11 is 3.33. The molecule has 1 atom stereocenters. The molecule has 1 rings (SSSR count). The summed E-state index contributed by atoms with van der Waals surface area (Å²) in [5.74, 6) is 0.536. The van der Waals surface area contributed by atoms with Crippen molar-refractivity contribution >= 4 is 15.9 Å². The van der Waals surface area contributed by atoms with Gasteiger partial charge in [-0.25, -0.2) is 4.39 Å². The molecule has 72 valence electrons. The van der Waals surface area contributed by atoms with Gasteiger partial charge in [-0.1, -0.05) is 28.9 Å². The van der Waals surface area contributed by atoms with E-state index in [-0.39, 0.29) is 11.7 Å². The molecule has 1 aromatic carbocycles. The van der Waals surface area contributed by atoms with Gasteiger partial charge in [0.2, 0.25) is 0 Å². The van der Waals surface area contributed by atoms with E-state index in [0.29, 0.717) is 11.3 Å². The Bertz CT molecular complexity index is 288. The summed E-state index contributed by atoms with van der Waals surface area (Å²) in [6.45, 7) is 1.95. The van der Waals surface area contributed by atoms with Crippen LogP contribution in [0.5, 0.6) is 5.75 Å². The molecule has 0 amide bonds. The molecule has 1 unspecified atom stereocenters.